The van der Waals surface area contributed by atoms with Gasteiger partial charge in [0.25, 0.3) is 5.91 Å². The van der Waals surface area contributed by atoms with Crippen LogP contribution in [0, 0.1) is 31.6 Å². The molecule has 0 saturated carbocycles. The number of aryl methyl sites for hydroxylation is 2. The molecule has 1 spiro atoms. The molecule has 3 fully saturated rings. The van der Waals surface area contributed by atoms with Crippen molar-refractivity contribution in [1.29, 1.82) is 0 Å². The highest BCUT2D eigenvalue weighted by Crippen LogP contribution is 2.69. The van der Waals surface area contributed by atoms with Crippen LogP contribution in [0.15, 0.2) is 104 Å². The molecule has 3 amide bonds. The lowest BCUT2D eigenvalue weighted by molar-refractivity contribution is -0.146. The largest absolute Gasteiger partial charge is 0.394 e. The molecular weight excluding hydrogens is 619 g/mol. The van der Waals surface area contributed by atoms with Gasteiger partial charge in [-0.05, 0) is 54.5 Å². The third-order valence-electron chi connectivity index (χ3n) is 10.5. The third-order valence-corrected chi connectivity index (χ3v) is 12.6. The van der Waals surface area contributed by atoms with Gasteiger partial charge in [0.2, 0.25) is 11.8 Å². The topological polar surface area (TPSA) is 81.2 Å². The van der Waals surface area contributed by atoms with Gasteiger partial charge in [-0.2, -0.15) is 0 Å². The van der Waals surface area contributed by atoms with Crippen molar-refractivity contribution < 1.29 is 19.5 Å². The van der Waals surface area contributed by atoms with Crippen LogP contribution in [0.25, 0.3) is 0 Å². The third kappa shape index (κ3) is 5.59. The van der Waals surface area contributed by atoms with Gasteiger partial charge in [-0.1, -0.05) is 91.9 Å². The number of carbonyl (C=O) groups is 3. The molecule has 3 aliphatic rings. The van der Waals surface area contributed by atoms with E-state index < -0.39 is 28.7 Å². The molecule has 6 rings (SSSR count). The lowest BCUT2D eigenvalue weighted by atomic mass is 9.65. The Hall–Kier alpha value is -4.14. The molecular formula is C40H45N3O4S. The normalized spacial score (nSPS) is 26.2. The van der Waals surface area contributed by atoms with Gasteiger partial charge in [-0.15, -0.1) is 24.9 Å². The number of carbonyl (C=O) groups excluding carboxylic acids is 3. The van der Waals surface area contributed by atoms with Gasteiger partial charge in [-0.3, -0.25) is 14.4 Å². The minimum absolute atomic E-state index is 0.0225. The van der Waals surface area contributed by atoms with Crippen LogP contribution in [0.5, 0.6) is 0 Å². The molecule has 2 bridgehead atoms. The fourth-order valence-corrected chi connectivity index (χ4v) is 10.8. The molecule has 1 N–H and O–H groups in total. The van der Waals surface area contributed by atoms with Crippen molar-refractivity contribution >= 4 is 35.2 Å². The molecule has 250 valence electrons. The Morgan fingerprint density at radius 2 is 1.67 bits per heavy atom. The van der Waals surface area contributed by atoms with Crippen molar-refractivity contribution in [2.45, 2.75) is 55.8 Å². The molecule has 48 heavy (non-hydrogen) atoms. The minimum atomic E-state index is -0.906. The van der Waals surface area contributed by atoms with Crippen LogP contribution < -0.4 is 4.90 Å². The van der Waals surface area contributed by atoms with Gasteiger partial charge in [0.15, 0.2) is 0 Å². The maximum absolute atomic E-state index is 15.3. The SMILES string of the molecule is C=CCN(Cc1ccccc1)C(=O)[C@@H]1[C@H]2C(=O)N([C@H](CO)c3ccccc3)C(C(=O)N(CC=C)c3cc(C)ccc3C)C23S[C@@H]1CC3C. The second kappa shape index (κ2) is 13.8. The molecule has 3 unspecified atom stereocenters. The smallest absolute Gasteiger partial charge is 0.251 e. The first-order valence-corrected chi connectivity index (χ1v) is 17.6. The zero-order valence-corrected chi connectivity index (χ0v) is 28.8. The molecule has 3 saturated heterocycles. The second-order valence-electron chi connectivity index (χ2n) is 13.4. The first kappa shape index (κ1) is 33.7. The number of nitrogens with zero attached hydrogens (tertiary/aromatic N) is 3. The van der Waals surface area contributed by atoms with Crippen molar-refractivity contribution in [3.63, 3.8) is 0 Å². The number of likely N-dealkylation sites (tertiary alicyclic amines) is 1. The Kier molecular flexibility index (Phi) is 9.68. The van der Waals surface area contributed by atoms with Crippen LogP contribution in [0.2, 0.25) is 0 Å². The standard InChI is InChI=1S/C40H45N3O4S/c1-6-20-41(24-29-14-10-8-11-15-29)37(45)34-33-23-28(5)40(48-33)35(34)38(46)43(32(25-44)30-16-12-9-13-17-30)36(40)39(47)42(21-7-2)31-22-26(3)18-19-27(31)4/h6-19,22,28,32-36,44H,1-2,20-21,23-25H2,3-5H3/t28?,32-,33-,34+,35+,36?,40?/m1/s1. The van der Waals surface area contributed by atoms with Crippen LogP contribution in [0.1, 0.15) is 41.6 Å². The maximum atomic E-state index is 15.3. The Labute approximate surface area is 288 Å². The van der Waals surface area contributed by atoms with Crippen molar-refractivity contribution in [3.05, 3.63) is 126 Å². The monoisotopic (exact) mass is 663 g/mol. The van der Waals surface area contributed by atoms with Crippen molar-refractivity contribution in [1.82, 2.24) is 9.80 Å². The molecule has 7 nitrogen and oxygen atoms in total. The summed E-state index contributed by atoms with van der Waals surface area (Å²) < 4.78 is -0.856. The van der Waals surface area contributed by atoms with Gasteiger partial charge >= 0.3 is 0 Å². The number of amides is 3. The molecule has 3 aromatic rings. The Balaban J connectivity index is 1.49. The van der Waals surface area contributed by atoms with Crippen LogP contribution >= 0.6 is 11.8 Å². The summed E-state index contributed by atoms with van der Waals surface area (Å²) in [5, 5.41) is 10.9. The van der Waals surface area contributed by atoms with Crippen molar-refractivity contribution in [2.75, 3.05) is 24.6 Å². The van der Waals surface area contributed by atoms with E-state index in [4.69, 9.17) is 0 Å². The Morgan fingerprint density at radius 3 is 2.31 bits per heavy atom. The zero-order valence-electron chi connectivity index (χ0n) is 28.0. The fraction of sp³-hybridized carbons (Fsp3) is 0.375. The number of aliphatic hydroxyl groups excluding tert-OH is 1. The Bertz CT molecular complexity index is 1700. The van der Waals surface area contributed by atoms with Gasteiger partial charge in [0, 0.05) is 30.6 Å². The van der Waals surface area contributed by atoms with E-state index in [2.05, 4.69) is 20.1 Å². The van der Waals surface area contributed by atoms with Crippen LogP contribution in [0.3, 0.4) is 0 Å². The zero-order chi connectivity index (χ0) is 34.2. The van der Waals surface area contributed by atoms with E-state index in [1.165, 1.54) is 0 Å². The number of fused-ring (bicyclic) bond motifs is 1. The fourth-order valence-electron chi connectivity index (χ4n) is 8.38. The maximum Gasteiger partial charge on any atom is 0.251 e. The van der Waals surface area contributed by atoms with Crippen LogP contribution in [-0.2, 0) is 20.9 Å². The molecule has 0 aromatic heterocycles. The number of anilines is 1. The first-order valence-electron chi connectivity index (χ1n) is 16.8. The predicted molar refractivity (Wildman–Crippen MR) is 192 cm³/mol. The summed E-state index contributed by atoms with van der Waals surface area (Å²) >= 11 is 1.65. The number of hydrogen-bond donors (Lipinski definition) is 1. The van der Waals surface area contributed by atoms with Crippen molar-refractivity contribution in [3.8, 4) is 0 Å². The molecule has 3 heterocycles. The molecule has 3 aliphatic heterocycles. The molecule has 8 heteroatoms. The number of aliphatic hydroxyl groups is 1. The van der Waals surface area contributed by atoms with E-state index in [0.29, 0.717) is 13.1 Å². The van der Waals surface area contributed by atoms with Gasteiger partial charge < -0.3 is 19.8 Å². The highest BCUT2D eigenvalue weighted by Gasteiger charge is 2.77. The minimum Gasteiger partial charge on any atom is -0.394 e. The number of hydrogen-bond acceptors (Lipinski definition) is 5. The lowest BCUT2D eigenvalue weighted by Gasteiger charge is -2.42. The summed E-state index contributed by atoms with van der Waals surface area (Å²) in [6.07, 6.45) is 4.15. The highest BCUT2D eigenvalue weighted by atomic mass is 32.2. The Morgan fingerprint density at radius 1 is 1.00 bits per heavy atom. The second-order valence-corrected chi connectivity index (χ2v) is 15.0. The van der Waals surface area contributed by atoms with Gasteiger partial charge in [0.1, 0.15) is 6.04 Å². The number of rotatable bonds is 12. The van der Waals surface area contributed by atoms with Gasteiger partial charge in [-0.25, -0.2) is 0 Å². The lowest BCUT2D eigenvalue weighted by Crippen LogP contribution is -2.58. The molecule has 0 radical (unpaired) electrons. The molecule has 0 aliphatic carbocycles. The summed E-state index contributed by atoms with van der Waals surface area (Å²) in [6, 6.07) is 23.6. The van der Waals surface area contributed by atoms with Crippen LogP contribution in [-0.4, -0.2) is 68.4 Å². The van der Waals surface area contributed by atoms with E-state index in [0.717, 1.165) is 34.4 Å². The summed E-state index contributed by atoms with van der Waals surface area (Å²) in [6.45, 7) is 14.6. The first-order chi connectivity index (χ1) is 23.2. The van der Waals surface area contributed by atoms with E-state index in [1.54, 1.807) is 38.6 Å². The highest BCUT2D eigenvalue weighted by molar-refractivity contribution is 8.02. The summed E-state index contributed by atoms with van der Waals surface area (Å²) in [4.78, 5) is 50.3. The van der Waals surface area contributed by atoms with Gasteiger partial charge in [0.05, 0.1) is 29.2 Å². The van der Waals surface area contributed by atoms with E-state index in [1.807, 2.05) is 92.7 Å². The average molecular weight is 664 g/mol. The summed E-state index contributed by atoms with van der Waals surface area (Å²) in [5.74, 6) is -1.89. The number of benzene rings is 3. The quantitative estimate of drug-likeness (QED) is 0.237. The summed E-state index contributed by atoms with van der Waals surface area (Å²) in [5.41, 5.74) is 4.47. The van der Waals surface area contributed by atoms with Crippen LogP contribution in [0.4, 0.5) is 5.69 Å². The number of thioether (sulfide) groups is 1. The van der Waals surface area contributed by atoms with Crippen molar-refractivity contribution in [2.24, 2.45) is 17.8 Å². The summed E-state index contributed by atoms with van der Waals surface area (Å²) in [7, 11) is 0. The van der Waals surface area contributed by atoms with E-state index in [9.17, 15) is 9.90 Å². The molecule has 3 aromatic carbocycles. The predicted octanol–water partition coefficient (Wildman–Crippen LogP) is 6.11. The van der Waals surface area contributed by atoms with E-state index in [-0.39, 0.29) is 42.0 Å². The average Bonchev–Trinajstić information content (AvgIpc) is 3.69. The van der Waals surface area contributed by atoms with E-state index >= 15 is 9.59 Å². The molecule has 7 atom stereocenters.